The average molecular weight is 264 g/mol. The van der Waals surface area contributed by atoms with Crippen molar-refractivity contribution in [1.29, 1.82) is 5.26 Å². The van der Waals surface area contributed by atoms with E-state index >= 15 is 0 Å². The van der Waals surface area contributed by atoms with Gasteiger partial charge in [0.1, 0.15) is 0 Å². The second-order valence-corrected chi connectivity index (χ2v) is 4.85. The van der Waals surface area contributed by atoms with Crippen LogP contribution < -0.4 is 5.32 Å². The van der Waals surface area contributed by atoms with Crippen LogP contribution in [0.5, 0.6) is 0 Å². The number of nitrogens with zero attached hydrogens (tertiary/aromatic N) is 1. The molecule has 102 valence electrons. The molecule has 0 radical (unpaired) electrons. The van der Waals surface area contributed by atoms with Gasteiger partial charge in [-0.25, -0.2) is 0 Å². The molecular formula is C18H20N2. The van der Waals surface area contributed by atoms with Gasteiger partial charge >= 0.3 is 0 Å². The summed E-state index contributed by atoms with van der Waals surface area (Å²) >= 11 is 0. The lowest BCUT2D eigenvalue weighted by Crippen LogP contribution is -2.21. The molecule has 1 atom stereocenters. The molecule has 2 aromatic rings. The zero-order valence-corrected chi connectivity index (χ0v) is 11.8. The topological polar surface area (TPSA) is 35.8 Å². The maximum Gasteiger partial charge on any atom is 0.0837 e. The lowest BCUT2D eigenvalue weighted by atomic mass is 10.0. The average Bonchev–Trinajstić information content (AvgIpc) is 2.53. The van der Waals surface area contributed by atoms with E-state index in [0.717, 1.165) is 18.5 Å². The maximum absolute atomic E-state index is 9.29. The van der Waals surface area contributed by atoms with Gasteiger partial charge in [0.25, 0.3) is 0 Å². The van der Waals surface area contributed by atoms with Crippen molar-refractivity contribution in [3.8, 4) is 6.07 Å². The highest BCUT2D eigenvalue weighted by Gasteiger charge is 2.09. The Kier molecular flexibility index (Phi) is 5.34. The van der Waals surface area contributed by atoms with Crippen LogP contribution in [-0.2, 0) is 13.0 Å². The van der Waals surface area contributed by atoms with Crippen molar-refractivity contribution < 1.29 is 0 Å². The van der Waals surface area contributed by atoms with Crippen molar-refractivity contribution in [3.05, 3.63) is 71.3 Å². The van der Waals surface area contributed by atoms with Crippen LogP contribution in [0, 0.1) is 11.3 Å². The Labute approximate surface area is 121 Å². The molecule has 1 N–H and O–H groups in total. The van der Waals surface area contributed by atoms with E-state index in [1.807, 2.05) is 30.3 Å². The van der Waals surface area contributed by atoms with Crippen LogP contribution in [0.15, 0.2) is 54.6 Å². The third-order valence-corrected chi connectivity index (χ3v) is 3.52. The van der Waals surface area contributed by atoms with Gasteiger partial charge in [-0.1, -0.05) is 61.5 Å². The monoisotopic (exact) mass is 264 g/mol. The molecule has 0 aliphatic heterocycles. The Morgan fingerprint density at radius 3 is 2.30 bits per heavy atom. The van der Waals surface area contributed by atoms with Crippen LogP contribution in [0.4, 0.5) is 0 Å². The van der Waals surface area contributed by atoms with Gasteiger partial charge in [0.2, 0.25) is 0 Å². The molecule has 0 heterocycles. The highest BCUT2D eigenvalue weighted by Crippen LogP contribution is 2.14. The van der Waals surface area contributed by atoms with Crippen LogP contribution >= 0.6 is 0 Å². The minimum absolute atomic E-state index is 0.0926. The summed E-state index contributed by atoms with van der Waals surface area (Å²) in [6, 6.07) is 20.8. The normalized spacial score (nSPS) is 11.8. The molecule has 2 heteroatoms. The maximum atomic E-state index is 9.29. The number of nitrogens with one attached hydrogen (secondary N) is 1. The lowest BCUT2D eigenvalue weighted by molar-refractivity contribution is 0.649. The largest absolute Gasteiger partial charge is 0.311 e. The van der Waals surface area contributed by atoms with Gasteiger partial charge in [-0.05, 0) is 23.1 Å². The van der Waals surface area contributed by atoms with E-state index in [1.54, 1.807) is 0 Å². The fourth-order valence-electron chi connectivity index (χ4n) is 2.35. The predicted octanol–water partition coefficient (Wildman–Crippen LogP) is 3.65. The molecule has 0 spiro atoms. The number of hydrogen-bond donors (Lipinski definition) is 1. The summed E-state index contributed by atoms with van der Waals surface area (Å²) in [5.74, 6) is -0.0926. The van der Waals surface area contributed by atoms with E-state index in [-0.39, 0.29) is 5.92 Å². The minimum Gasteiger partial charge on any atom is -0.311 e. The molecule has 0 saturated carbocycles. The van der Waals surface area contributed by atoms with Crippen LogP contribution in [0.3, 0.4) is 0 Å². The number of rotatable bonds is 6. The van der Waals surface area contributed by atoms with Crippen LogP contribution in [-0.4, -0.2) is 6.54 Å². The number of benzene rings is 2. The first-order chi connectivity index (χ1) is 9.85. The zero-order chi connectivity index (χ0) is 14.2. The van der Waals surface area contributed by atoms with E-state index in [9.17, 15) is 5.26 Å². The first kappa shape index (κ1) is 14.3. The highest BCUT2D eigenvalue weighted by atomic mass is 14.9. The van der Waals surface area contributed by atoms with Gasteiger partial charge in [-0.15, -0.1) is 0 Å². The second-order valence-electron chi connectivity index (χ2n) is 4.85. The Bertz CT molecular complexity index is 569. The van der Waals surface area contributed by atoms with E-state index in [2.05, 4.69) is 42.6 Å². The smallest absolute Gasteiger partial charge is 0.0837 e. The Balaban J connectivity index is 1.93. The Hall–Kier alpha value is -2.11. The fraction of sp³-hybridized carbons (Fsp3) is 0.278. The van der Waals surface area contributed by atoms with Crippen LogP contribution in [0.2, 0.25) is 0 Å². The van der Waals surface area contributed by atoms with Crippen molar-refractivity contribution in [1.82, 2.24) is 5.32 Å². The van der Waals surface area contributed by atoms with E-state index in [0.29, 0.717) is 6.54 Å². The second kappa shape index (κ2) is 7.47. The molecule has 0 bridgehead atoms. The summed E-state index contributed by atoms with van der Waals surface area (Å²) in [6.45, 7) is 3.66. The van der Waals surface area contributed by atoms with Gasteiger partial charge in [-0.2, -0.15) is 5.26 Å². The van der Waals surface area contributed by atoms with Crippen molar-refractivity contribution in [2.45, 2.75) is 25.8 Å². The molecule has 2 rings (SSSR count). The van der Waals surface area contributed by atoms with Crippen molar-refractivity contribution in [2.75, 3.05) is 6.54 Å². The van der Waals surface area contributed by atoms with Gasteiger partial charge in [0, 0.05) is 13.1 Å². The van der Waals surface area contributed by atoms with Gasteiger partial charge < -0.3 is 5.32 Å². The summed E-state index contributed by atoms with van der Waals surface area (Å²) < 4.78 is 0. The molecule has 2 nitrogen and oxygen atoms in total. The Morgan fingerprint density at radius 1 is 1.00 bits per heavy atom. The molecule has 2 aromatic carbocycles. The number of hydrogen-bond acceptors (Lipinski definition) is 2. The SMILES string of the molecule is CCc1ccccc1CNCC(C#N)c1ccccc1. The van der Waals surface area contributed by atoms with E-state index in [1.165, 1.54) is 11.1 Å². The molecule has 0 saturated heterocycles. The molecule has 0 aromatic heterocycles. The predicted molar refractivity (Wildman–Crippen MR) is 82.3 cm³/mol. The molecule has 0 amide bonds. The van der Waals surface area contributed by atoms with Crippen LogP contribution in [0.25, 0.3) is 0 Å². The van der Waals surface area contributed by atoms with Gasteiger partial charge in [-0.3, -0.25) is 0 Å². The molecule has 20 heavy (non-hydrogen) atoms. The first-order valence-corrected chi connectivity index (χ1v) is 7.07. The van der Waals surface area contributed by atoms with E-state index < -0.39 is 0 Å². The summed E-state index contributed by atoms with van der Waals surface area (Å²) in [6.07, 6.45) is 1.04. The lowest BCUT2D eigenvalue weighted by Gasteiger charge is -2.12. The van der Waals surface area contributed by atoms with Crippen molar-refractivity contribution in [2.24, 2.45) is 0 Å². The molecular weight excluding hydrogens is 244 g/mol. The zero-order valence-electron chi connectivity index (χ0n) is 11.8. The number of aryl methyl sites for hydroxylation is 1. The summed E-state index contributed by atoms with van der Waals surface area (Å²) in [5.41, 5.74) is 3.76. The third-order valence-electron chi connectivity index (χ3n) is 3.52. The molecule has 0 fully saturated rings. The van der Waals surface area contributed by atoms with Crippen molar-refractivity contribution in [3.63, 3.8) is 0 Å². The molecule has 0 aliphatic rings. The summed E-state index contributed by atoms with van der Waals surface area (Å²) in [4.78, 5) is 0. The summed E-state index contributed by atoms with van der Waals surface area (Å²) in [7, 11) is 0. The summed E-state index contributed by atoms with van der Waals surface area (Å²) in [5, 5.41) is 12.7. The highest BCUT2D eigenvalue weighted by molar-refractivity contribution is 5.28. The van der Waals surface area contributed by atoms with Crippen LogP contribution in [0.1, 0.15) is 29.5 Å². The van der Waals surface area contributed by atoms with Gasteiger partial charge in [0.15, 0.2) is 0 Å². The van der Waals surface area contributed by atoms with Crippen molar-refractivity contribution >= 4 is 0 Å². The standard InChI is InChI=1S/C18H20N2/c1-2-15-8-6-7-11-17(15)13-20-14-18(12-19)16-9-4-3-5-10-16/h3-11,18,20H,2,13-14H2,1H3. The first-order valence-electron chi connectivity index (χ1n) is 7.07. The Morgan fingerprint density at radius 2 is 1.65 bits per heavy atom. The minimum atomic E-state index is -0.0926. The number of nitriles is 1. The third kappa shape index (κ3) is 3.69. The molecule has 1 unspecified atom stereocenters. The fourth-order valence-corrected chi connectivity index (χ4v) is 2.35. The van der Waals surface area contributed by atoms with Gasteiger partial charge in [0.05, 0.1) is 12.0 Å². The van der Waals surface area contributed by atoms with E-state index in [4.69, 9.17) is 0 Å². The molecule has 0 aliphatic carbocycles. The quantitative estimate of drug-likeness (QED) is 0.864.